The first-order valence-corrected chi connectivity index (χ1v) is 6.45. The number of esters is 1. The third-order valence-electron chi connectivity index (χ3n) is 3.43. The molecule has 2 aliphatic heterocycles. The van der Waals surface area contributed by atoms with Crippen molar-refractivity contribution in [3.05, 3.63) is 12.2 Å². The Hall–Kier alpha value is -1.52. The van der Waals surface area contributed by atoms with E-state index in [1.54, 1.807) is 18.7 Å². The fourth-order valence-electron chi connectivity index (χ4n) is 2.67. The van der Waals surface area contributed by atoms with Gasteiger partial charge in [-0.15, -0.1) is 0 Å². The Kier molecular flexibility index (Phi) is 3.89. The molecule has 2 bridgehead atoms. The van der Waals surface area contributed by atoms with E-state index in [2.05, 4.69) is 6.08 Å². The lowest BCUT2D eigenvalue weighted by molar-refractivity contribution is -0.152. The Morgan fingerprint density at radius 1 is 1.22 bits per heavy atom. The second-order valence-electron chi connectivity index (χ2n) is 4.58. The zero-order valence-corrected chi connectivity index (χ0v) is 10.8. The summed E-state index contributed by atoms with van der Waals surface area (Å²) in [4.78, 5) is 25.3. The van der Waals surface area contributed by atoms with Crippen LogP contribution >= 0.6 is 0 Å². The van der Waals surface area contributed by atoms with E-state index in [1.165, 1.54) is 0 Å². The smallest absolute Gasteiger partial charge is 0.410 e. The fourth-order valence-corrected chi connectivity index (χ4v) is 2.67. The zero-order valence-electron chi connectivity index (χ0n) is 10.8. The molecule has 0 aromatic rings. The van der Waals surface area contributed by atoms with E-state index in [0.717, 1.165) is 6.42 Å². The Bertz CT molecular complexity index is 338. The minimum absolute atomic E-state index is 0.215. The number of nitrogens with zero attached hydrogens (tertiary/aromatic N) is 1. The van der Waals surface area contributed by atoms with Crippen LogP contribution in [0.15, 0.2) is 12.2 Å². The largest absolute Gasteiger partial charge is 0.466 e. The topological polar surface area (TPSA) is 55.8 Å². The lowest BCUT2D eigenvalue weighted by Gasteiger charge is -2.44. The van der Waals surface area contributed by atoms with Crippen LogP contribution in [0.5, 0.6) is 0 Å². The van der Waals surface area contributed by atoms with Crippen LogP contribution in [0.1, 0.15) is 20.3 Å². The van der Waals surface area contributed by atoms with Crippen LogP contribution in [0.2, 0.25) is 0 Å². The minimum atomic E-state index is -0.342. The number of hydrogen-bond acceptors (Lipinski definition) is 4. The number of ether oxygens (including phenoxy) is 2. The quantitative estimate of drug-likeness (QED) is 0.566. The van der Waals surface area contributed by atoms with Gasteiger partial charge in [-0.3, -0.25) is 4.79 Å². The molecule has 0 spiro atoms. The highest BCUT2D eigenvalue weighted by Gasteiger charge is 2.44. The van der Waals surface area contributed by atoms with E-state index in [0.29, 0.717) is 19.8 Å². The fraction of sp³-hybridized carbons (Fsp3) is 0.692. The van der Waals surface area contributed by atoms with Crippen LogP contribution in [0.3, 0.4) is 0 Å². The van der Waals surface area contributed by atoms with E-state index in [1.807, 2.05) is 6.08 Å². The molecule has 18 heavy (non-hydrogen) atoms. The monoisotopic (exact) mass is 253 g/mol. The first-order chi connectivity index (χ1) is 8.67. The number of fused-ring (bicyclic) bond motifs is 2. The molecule has 100 valence electrons. The molecule has 3 aliphatic rings. The SMILES string of the molecule is CCOC(=O)[C@H]1C[C@H]2C=C[C@@H]1N(C(=O)OCC)C2. The van der Waals surface area contributed by atoms with Crippen LogP contribution in [0, 0.1) is 11.8 Å². The molecule has 0 aromatic heterocycles. The summed E-state index contributed by atoms with van der Waals surface area (Å²) in [6, 6.07) is -0.215. The van der Waals surface area contributed by atoms with Crippen molar-refractivity contribution in [2.45, 2.75) is 26.3 Å². The number of hydrogen-bond donors (Lipinski definition) is 0. The highest BCUT2D eigenvalue weighted by atomic mass is 16.6. The van der Waals surface area contributed by atoms with Crippen LogP contribution < -0.4 is 0 Å². The van der Waals surface area contributed by atoms with Crippen molar-refractivity contribution in [3.8, 4) is 0 Å². The summed E-state index contributed by atoms with van der Waals surface area (Å²) in [5.41, 5.74) is 0. The van der Waals surface area contributed by atoms with Gasteiger partial charge in [0.25, 0.3) is 0 Å². The third-order valence-corrected chi connectivity index (χ3v) is 3.43. The first-order valence-electron chi connectivity index (χ1n) is 6.45. The lowest BCUT2D eigenvalue weighted by Crippen LogP contribution is -2.55. The Morgan fingerprint density at radius 3 is 2.56 bits per heavy atom. The maximum absolute atomic E-state index is 11.9. The van der Waals surface area contributed by atoms with Gasteiger partial charge in [0.2, 0.25) is 0 Å². The molecule has 0 saturated carbocycles. The molecule has 1 fully saturated rings. The summed E-state index contributed by atoms with van der Waals surface area (Å²) < 4.78 is 10.1. The van der Waals surface area contributed by atoms with Gasteiger partial charge in [0.15, 0.2) is 0 Å². The first kappa shape index (κ1) is 12.9. The molecule has 0 aromatic carbocycles. The van der Waals surface area contributed by atoms with E-state index in [4.69, 9.17) is 9.47 Å². The molecule has 1 amide bonds. The van der Waals surface area contributed by atoms with Gasteiger partial charge in [-0.2, -0.15) is 0 Å². The highest BCUT2D eigenvalue weighted by Crippen LogP contribution is 2.35. The molecule has 0 unspecified atom stereocenters. The Balaban J connectivity index is 2.10. The standard InChI is InChI=1S/C13H19NO4/c1-3-17-12(15)10-7-9-5-6-11(10)14(8-9)13(16)18-4-2/h5-6,9-11H,3-4,7-8H2,1-2H3/t9-,10+,11+/m1/s1. The van der Waals surface area contributed by atoms with Crippen LogP contribution in [-0.2, 0) is 14.3 Å². The summed E-state index contributed by atoms with van der Waals surface area (Å²) in [5.74, 6) is -0.238. The second-order valence-corrected chi connectivity index (χ2v) is 4.58. The predicted molar refractivity (Wildman–Crippen MR) is 64.9 cm³/mol. The Morgan fingerprint density at radius 2 is 1.94 bits per heavy atom. The van der Waals surface area contributed by atoms with Crippen LogP contribution in [-0.4, -0.2) is 42.8 Å². The second kappa shape index (κ2) is 5.42. The summed E-state index contributed by atoms with van der Waals surface area (Å²) in [5, 5.41) is 0. The van der Waals surface area contributed by atoms with Crippen molar-refractivity contribution < 1.29 is 19.1 Å². The average molecular weight is 253 g/mol. The third kappa shape index (κ3) is 2.35. The Labute approximate surface area is 107 Å². The van der Waals surface area contributed by atoms with Crippen LogP contribution in [0.25, 0.3) is 0 Å². The summed E-state index contributed by atoms with van der Waals surface area (Å²) >= 11 is 0. The maximum Gasteiger partial charge on any atom is 0.410 e. The van der Waals surface area contributed by atoms with E-state index < -0.39 is 0 Å². The molecule has 1 aliphatic carbocycles. The van der Waals surface area contributed by atoms with Crippen molar-refractivity contribution >= 4 is 12.1 Å². The maximum atomic E-state index is 11.9. The van der Waals surface area contributed by atoms with Gasteiger partial charge in [-0.25, -0.2) is 4.79 Å². The van der Waals surface area contributed by atoms with E-state index in [9.17, 15) is 9.59 Å². The number of amides is 1. The molecule has 3 rings (SSSR count). The summed E-state index contributed by atoms with van der Waals surface area (Å²) in [6.07, 6.45) is 4.42. The highest BCUT2D eigenvalue weighted by molar-refractivity contribution is 5.77. The van der Waals surface area contributed by atoms with Crippen LogP contribution in [0.4, 0.5) is 4.79 Å². The molecule has 5 nitrogen and oxygen atoms in total. The number of rotatable bonds is 3. The average Bonchev–Trinajstić information content (AvgIpc) is 2.39. The molecule has 3 atom stereocenters. The van der Waals surface area contributed by atoms with Crippen molar-refractivity contribution in [1.29, 1.82) is 0 Å². The van der Waals surface area contributed by atoms with E-state index in [-0.39, 0.29) is 29.9 Å². The summed E-state index contributed by atoms with van der Waals surface area (Å²) in [6.45, 7) is 4.92. The molecule has 0 radical (unpaired) electrons. The van der Waals surface area contributed by atoms with Crippen molar-refractivity contribution in [2.24, 2.45) is 11.8 Å². The van der Waals surface area contributed by atoms with Gasteiger partial charge in [-0.1, -0.05) is 12.2 Å². The molecule has 1 saturated heterocycles. The van der Waals surface area contributed by atoms with Crippen molar-refractivity contribution in [2.75, 3.05) is 19.8 Å². The summed E-state index contributed by atoms with van der Waals surface area (Å²) in [7, 11) is 0. The molecule has 2 heterocycles. The molecule has 0 N–H and O–H groups in total. The molecular weight excluding hydrogens is 234 g/mol. The number of carbonyl (C=O) groups excluding carboxylic acids is 2. The van der Waals surface area contributed by atoms with Gasteiger partial charge in [-0.05, 0) is 26.2 Å². The zero-order chi connectivity index (χ0) is 13.1. The number of carbonyl (C=O) groups is 2. The normalized spacial score (nSPS) is 29.2. The van der Waals surface area contributed by atoms with E-state index >= 15 is 0 Å². The molecular formula is C13H19NO4. The number of piperidine rings is 1. The van der Waals surface area contributed by atoms with Gasteiger partial charge in [0.1, 0.15) is 0 Å². The van der Waals surface area contributed by atoms with Gasteiger partial charge in [0.05, 0.1) is 25.2 Å². The van der Waals surface area contributed by atoms with Gasteiger partial charge >= 0.3 is 12.1 Å². The van der Waals surface area contributed by atoms with Crippen molar-refractivity contribution in [3.63, 3.8) is 0 Å². The molecule has 5 heteroatoms. The predicted octanol–water partition coefficient (Wildman–Crippen LogP) is 1.58. The van der Waals surface area contributed by atoms with Gasteiger partial charge in [0, 0.05) is 6.54 Å². The minimum Gasteiger partial charge on any atom is -0.466 e. The lowest BCUT2D eigenvalue weighted by atomic mass is 9.78. The van der Waals surface area contributed by atoms with Gasteiger partial charge < -0.3 is 14.4 Å². The van der Waals surface area contributed by atoms with Crippen molar-refractivity contribution in [1.82, 2.24) is 4.90 Å².